The van der Waals surface area contributed by atoms with E-state index in [1.807, 2.05) is 0 Å². The number of nitrogens with one attached hydrogen (secondary N) is 2. The van der Waals surface area contributed by atoms with Crippen molar-refractivity contribution in [1.29, 1.82) is 0 Å². The van der Waals surface area contributed by atoms with Gasteiger partial charge in [0, 0.05) is 18.0 Å². The Balaban J connectivity index is 0.000000369. The van der Waals surface area contributed by atoms with E-state index in [-0.39, 0.29) is 28.7 Å². The SMILES string of the molecule is O=C(Nc1cc[nH]c(=O)c1)c1cc(C(F)(F)F)ccc1Oc1ccc(OC(F)(F)F)cc1.Oc1ccc(OC(F)(F)F)cc1. The molecule has 0 atom stereocenters. The predicted octanol–water partition coefficient (Wildman–Crippen LogP) is 7.63. The van der Waals surface area contributed by atoms with Crippen molar-refractivity contribution in [3.8, 4) is 28.7 Å². The van der Waals surface area contributed by atoms with Crippen LogP contribution in [0.3, 0.4) is 0 Å². The van der Waals surface area contributed by atoms with E-state index in [4.69, 9.17) is 9.84 Å². The number of aromatic amines is 1. The molecule has 0 aliphatic heterocycles. The number of aromatic nitrogens is 1. The zero-order chi connectivity index (χ0) is 32.7. The lowest BCUT2D eigenvalue weighted by molar-refractivity contribution is -0.275. The number of phenols is 1. The zero-order valence-corrected chi connectivity index (χ0v) is 21.5. The van der Waals surface area contributed by atoms with Gasteiger partial charge >= 0.3 is 18.9 Å². The molecule has 0 saturated carbocycles. The molecule has 17 heteroatoms. The maximum absolute atomic E-state index is 13.1. The van der Waals surface area contributed by atoms with Crippen LogP contribution in [0.5, 0.6) is 28.7 Å². The molecule has 8 nitrogen and oxygen atoms in total. The Morgan fingerprint density at radius 2 is 1.23 bits per heavy atom. The number of ether oxygens (including phenoxy) is 3. The number of phenolic OH excluding ortho intramolecular Hbond substituents is 1. The van der Waals surface area contributed by atoms with Gasteiger partial charge in [0.1, 0.15) is 28.7 Å². The van der Waals surface area contributed by atoms with Gasteiger partial charge in [0.15, 0.2) is 0 Å². The topological polar surface area (TPSA) is 110 Å². The van der Waals surface area contributed by atoms with Crippen molar-refractivity contribution >= 4 is 11.6 Å². The Labute approximate surface area is 240 Å². The Hall–Kier alpha value is -5.35. The van der Waals surface area contributed by atoms with Crippen LogP contribution < -0.4 is 25.1 Å². The number of pyridine rings is 1. The zero-order valence-electron chi connectivity index (χ0n) is 21.5. The highest BCUT2D eigenvalue weighted by molar-refractivity contribution is 6.06. The van der Waals surface area contributed by atoms with Gasteiger partial charge in [0.25, 0.3) is 5.91 Å². The number of hydrogen-bond acceptors (Lipinski definition) is 6. The molecule has 0 fully saturated rings. The van der Waals surface area contributed by atoms with Crippen LogP contribution in [-0.4, -0.2) is 28.7 Å². The standard InChI is InChI=1S/C20H12F6N2O4.C7H5F3O2/c21-19(22,23)11-1-6-16(31-13-2-4-14(5-3-13)32-20(24,25)26)15(9-11)18(30)28-12-7-8-27-17(29)10-12;8-7(9,10)12-6-3-1-5(11)2-4-6/h1-10H,(H2,27,28,29,30);1-4,11H. The summed E-state index contributed by atoms with van der Waals surface area (Å²) in [5.74, 6) is -2.36. The van der Waals surface area contributed by atoms with Crippen molar-refractivity contribution in [3.05, 3.63) is 107 Å². The molecule has 0 saturated heterocycles. The Bertz CT molecular complexity index is 1620. The number of H-pyrrole nitrogens is 1. The van der Waals surface area contributed by atoms with Crippen molar-refractivity contribution in [3.63, 3.8) is 0 Å². The van der Waals surface area contributed by atoms with E-state index < -0.39 is 47.2 Å². The molecule has 4 aromatic rings. The van der Waals surface area contributed by atoms with Crippen molar-refractivity contribution < 1.29 is 63.6 Å². The molecule has 0 bridgehead atoms. The number of rotatable bonds is 6. The molecule has 3 N–H and O–H groups in total. The van der Waals surface area contributed by atoms with E-state index in [0.29, 0.717) is 12.1 Å². The third kappa shape index (κ3) is 10.8. The summed E-state index contributed by atoms with van der Waals surface area (Å²) in [7, 11) is 0. The van der Waals surface area contributed by atoms with E-state index >= 15 is 0 Å². The second-order valence-corrected chi connectivity index (χ2v) is 8.27. The van der Waals surface area contributed by atoms with Gasteiger partial charge in [-0.2, -0.15) is 13.2 Å². The molecule has 0 unspecified atom stereocenters. The van der Waals surface area contributed by atoms with Gasteiger partial charge in [-0.25, -0.2) is 0 Å². The molecule has 0 aliphatic carbocycles. The summed E-state index contributed by atoms with van der Waals surface area (Å²) >= 11 is 0. The Kier molecular flexibility index (Phi) is 10.0. The van der Waals surface area contributed by atoms with E-state index in [1.165, 1.54) is 12.3 Å². The van der Waals surface area contributed by atoms with Crippen molar-refractivity contribution in [2.45, 2.75) is 18.9 Å². The number of carbonyl (C=O) groups is 1. The summed E-state index contributed by atoms with van der Waals surface area (Å²) in [6.07, 6.45) is -13.1. The maximum Gasteiger partial charge on any atom is 0.573 e. The van der Waals surface area contributed by atoms with Gasteiger partial charge in [-0.15, -0.1) is 26.3 Å². The molecule has 3 aromatic carbocycles. The number of alkyl halides is 9. The number of halogens is 9. The fraction of sp³-hybridized carbons (Fsp3) is 0.111. The molecule has 0 spiro atoms. The van der Waals surface area contributed by atoms with Gasteiger partial charge in [-0.1, -0.05) is 0 Å². The number of hydrogen-bond donors (Lipinski definition) is 3. The summed E-state index contributed by atoms with van der Waals surface area (Å²) in [6.45, 7) is 0. The minimum atomic E-state index is -4.90. The fourth-order valence-corrected chi connectivity index (χ4v) is 3.18. The van der Waals surface area contributed by atoms with Crippen LogP contribution in [0.15, 0.2) is 89.9 Å². The van der Waals surface area contributed by atoms with Gasteiger partial charge in [-0.3, -0.25) is 9.59 Å². The quantitative estimate of drug-likeness (QED) is 0.188. The number of benzene rings is 3. The number of carbonyl (C=O) groups excluding carboxylic acids is 1. The van der Waals surface area contributed by atoms with Gasteiger partial charge < -0.3 is 29.6 Å². The first-order valence-electron chi connectivity index (χ1n) is 11.7. The first-order chi connectivity index (χ1) is 20.4. The lowest BCUT2D eigenvalue weighted by Crippen LogP contribution is -2.17. The molecule has 1 aromatic heterocycles. The predicted molar refractivity (Wildman–Crippen MR) is 134 cm³/mol. The van der Waals surface area contributed by atoms with Crippen LogP contribution in [0.25, 0.3) is 0 Å². The minimum absolute atomic E-state index is 0.0239. The highest BCUT2D eigenvalue weighted by Gasteiger charge is 2.33. The maximum atomic E-state index is 13.1. The van der Waals surface area contributed by atoms with Gasteiger partial charge in [-0.05, 0) is 72.8 Å². The second kappa shape index (κ2) is 13.3. The van der Waals surface area contributed by atoms with Crippen LogP contribution in [0.1, 0.15) is 15.9 Å². The summed E-state index contributed by atoms with van der Waals surface area (Å²) in [5, 5.41) is 11.0. The van der Waals surface area contributed by atoms with E-state index in [9.17, 15) is 49.1 Å². The van der Waals surface area contributed by atoms with Gasteiger partial charge in [0.05, 0.1) is 11.1 Å². The molecule has 234 valence electrons. The summed E-state index contributed by atoms with van der Waals surface area (Å²) in [4.78, 5) is 26.3. The molecule has 0 aliphatic rings. The molecule has 44 heavy (non-hydrogen) atoms. The molecule has 1 amide bonds. The van der Waals surface area contributed by atoms with Crippen molar-refractivity contribution in [2.75, 3.05) is 5.32 Å². The lowest BCUT2D eigenvalue weighted by atomic mass is 10.1. The van der Waals surface area contributed by atoms with Crippen molar-refractivity contribution in [2.24, 2.45) is 0 Å². The van der Waals surface area contributed by atoms with E-state index in [1.54, 1.807) is 0 Å². The van der Waals surface area contributed by atoms with Crippen LogP contribution >= 0.6 is 0 Å². The first kappa shape index (κ1) is 33.2. The molecule has 1 heterocycles. The molecule has 4 rings (SSSR count). The van der Waals surface area contributed by atoms with Crippen LogP contribution in [0.2, 0.25) is 0 Å². The summed E-state index contributed by atoms with van der Waals surface area (Å²) in [6, 6.07) is 12.8. The monoisotopic (exact) mass is 636 g/mol. The van der Waals surface area contributed by atoms with E-state index in [2.05, 4.69) is 19.8 Å². The third-order valence-electron chi connectivity index (χ3n) is 4.94. The third-order valence-corrected chi connectivity index (χ3v) is 4.94. The molecule has 0 radical (unpaired) electrons. The fourth-order valence-electron chi connectivity index (χ4n) is 3.18. The largest absolute Gasteiger partial charge is 0.573 e. The van der Waals surface area contributed by atoms with Crippen LogP contribution in [-0.2, 0) is 6.18 Å². The highest BCUT2D eigenvalue weighted by Crippen LogP contribution is 2.35. The summed E-state index contributed by atoms with van der Waals surface area (Å²) in [5.41, 5.74) is -2.18. The van der Waals surface area contributed by atoms with Gasteiger partial charge in [0.2, 0.25) is 5.56 Å². The summed E-state index contributed by atoms with van der Waals surface area (Å²) < 4.78 is 124. The first-order valence-corrected chi connectivity index (χ1v) is 11.7. The average Bonchev–Trinajstić information content (AvgIpc) is 2.89. The molecular weight excluding hydrogens is 619 g/mol. The van der Waals surface area contributed by atoms with E-state index in [0.717, 1.165) is 60.7 Å². The van der Waals surface area contributed by atoms with Crippen molar-refractivity contribution in [1.82, 2.24) is 4.98 Å². The van der Waals surface area contributed by atoms with Crippen LogP contribution in [0.4, 0.5) is 45.2 Å². The highest BCUT2D eigenvalue weighted by atomic mass is 19.4. The number of anilines is 1. The lowest BCUT2D eigenvalue weighted by Gasteiger charge is -2.15. The number of amides is 1. The number of aromatic hydroxyl groups is 1. The molecular formula is C27H17F9N2O6. The second-order valence-electron chi connectivity index (χ2n) is 8.27. The normalized spacial score (nSPS) is 11.6. The smallest absolute Gasteiger partial charge is 0.508 e. The minimum Gasteiger partial charge on any atom is -0.508 e. The Morgan fingerprint density at radius 3 is 1.73 bits per heavy atom. The Morgan fingerprint density at radius 1 is 0.705 bits per heavy atom. The van der Waals surface area contributed by atoms with Crippen LogP contribution in [0, 0.1) is 0 Å². The average molecular weight is 636 g/mol.